The van der Waals surface area contributed by atoms with Crippen molar-refractivity contribution >= 4 is 5.91 Å². The Labute approximate surface area is 142 Å². The second kappa shape index (κ2) is 7.84. The highest BCUT2D eigenvalue weighted by atomic mass is 16.5. The van der Waals surface area contributed by atoms with Crippen molar-refractivity contribution in [1.82, 2.24) is 10.6 Å². The monoisotopic (exact) mass is 326 g/mol. The van der Waals surface area contributed by atoms with Crippen LogP contribution in [0.3, 0.4) is 0 Å². The maximum atomic E-state index is 12.0. The summed E-state index contributed by atoms with van der Waals surface area (Å²) in [6.45, 7) is 2.23. The lowest BCUT2D eigenvalue weighted by atomic mass is 10.1. The molecule has 24 heavy (non-hydrogen) atoms. The minimum atomic E-state index is 0.0955. The molecule has 0 bridgehead atoms. The summed E-state index contributed by atoms with van der Waals surface area (Å²) in [5.74, 6) is 2.32. The predicted molar refractivity (Wildman–Crippen MR) is 92.3 cm³/mol. The first kappa shape index (κ1) is 16.3. The molecule has 0 aliphatic carbocycles. The summed E-state index contributed by atoms with van der Waals surface area (Å²) < 4.78 is 11.1. The summed E-state index contributed by atoms with van der Waals surface area (Å²) in [6, 6.07) is 15.2. The van der Waals surface area contributed by atoms with Crippen LogP contribution < -0.4 is 20.1 Å². The normalized spacial score (nSPS) is 16.6. The zero-order chi connectivity index (χ0) is 16.8. The van der Waals surface area contributed by atoms with Crippen molar-refractivity contribution in [1.29, 1.82) is 0 Å². The number of hydrogen-bond donors (Lipinski definition) is 2. The molecular weight excluding hydrogens is 304 g/mol. The lowest BCUT2D eigenvalue weighted by molar-refractivity contribution is -0.124. The van der Waals surface area contributed by atoms with Crippen LogP contribution in [0.15, 0.2) is 48.5 Å². The average molecular weight is 326 g/mol. The number of para-hydroxylation sites is 2. The van der Waals surface area contributed by atoms with E-state index in [2.05, 4.69) is 10.6 Å². The van der Waals surface area contributed by atoms with Crippen molar-refractivity contribution in [2.24, 2.45) is 5.92 Å². The summed E-state index contributed by atoms with van der Waals surface area (Å²) >= 11 is 0. The molecule has 1 amide bonds. The first-order valence-electron chi connectivity index (χ1n) is 8.14. The third kappa shape index (κ3) is 4.06. The zero-order valence-corrected chi connectivity index (χ0v) is 13.7. The van der Waals surface area contributed by atoms with Crippen molar-refractivity contribution < 1.29 is 14.3 Å². The van der Waals surface area contributed by atoms with Gasteiger partial charge >= 0.3 is 0 Å². The molecule has 126 valence electrons. The highest BCUT2D eigenvalue weighted by Crippen LogP contribution is 2.30. The molecule has 1 aliphatic heterocycles. The van der Waals surface area contributed by atoms with Gasteiger partial charge in [0, 0.05) is 13.1 Å². The first-order valence-corrected chi connectivity index (χ1v) is 8.14. The van der Waals surface area contributed by atoms with E-state index in [-0.39, 0.29) is 11.8 Å². The second-order valence-corrected chi connectivity index (χ2v) is 5.80. The number of rotatable bonds is 6. The van der Waals surface area contributed by atoms with E-state index in [9.17, 15) is 4.79 Å². The smallest absolute Gasteiger partial charge is 0.224 e. The summed E-state index contributed by atoms with van der Waals surface area (Å²) in [4.78, 5) is 12.0. The van der Waals surface area contributed by atoms with Gasteiger partial charge in [-0.3, -0.25) is 4.79 Å². The van der Waals surface area contributed by atoms with Crippen molar-refractivity contribution in [3.05, 3.63) is 54.1 Å². The molecule has 1 saturated heterocycles. The highest BCUT2D eigenvalue weighted by Gasteiger charge is 2.21. The number of carbonyl (C=O) groups is 1. The van der Waals surface area contributed by atoms with Crippen molar-refractivity contribution in [2.45, 2.75) is 13.0 Å². The molecule has 1 fully saturated rings. The van der Waals surface area contributed by atoms with E-state index in [0.29, 0.717) is 18.0 Å². The van der Waals surface area contributed by atoms with E-state index in [4.69, 9.17) is 9.47 Å². The van der Waals surface area contributed by atoms with Gasteiger partial charge in [0.05, 0.1) is 13.0 Å². The van der Waals surface area contributed by atoms with E-state index in [1.807, 2.05) is 48.5 Å². The molecule has 2 aromatic rings. The van der Waals surface area contributed by atoms with Gasteiger partial charge in [0.2, 0.25) is 5.91 Å². The molecule has 0 aromatic heterocycles. The fraction of sp³-hybridized carbons (Fsp3) is 0.316. The Morgan fingerprint density at radius 1 is 1.17 bits per heavy atom. The summed E-state index contributed by atoms with van der Waals surface area (Å²) in [5, 5.41) is 6.19. The lowest BCUT2D eigenvalue weighted by Crippen LogP contribution is -2.31. The molecule has 2 aromatic carbocycles. The van der Waals surface area contributed by atoms with Crippen LogP contribution in [0.5, 0.6) is 17.2 Å². The van der Waals surface area contributed by atoms with Crippen molar-refractivity contribution in [2.75, 3.05) is 20.2 Å². The first-order chi connectivity index (χ1) is 11.8. The van der Waals surface area contributed by atoms with Crippen LogP contribution in [0.25, 0.3) is 0 Å². The van der Waals surface area contributed by atoms with Crippen LogP contribution in [0.2, 0.25) is 0 Å². The molecule has 0 spiro atoms. The van der Waals surface area contributed by atoms with Gasteiger partial charge in [0.1, 0.15) is 5.75 Å². The van der Waals surface area contributed by atoms with Crippen LogP contribution in [-0.2, 0) is 11.3 Å². The molecule has 5 nitrogen and oxygen atoms in total. The number of hydrogen-bond acceptors (Lipinski definition) is 4. The summed E-state index contributed by atoms with van der Waals surface area (Å²) in [6.07, 6.45) is 0.914. The molecule has 0 unspecified atom stereocenters. The average Bonchev–Trinajstić information content (AvgIpc) is 3.16. The van der Waals surface area contributed by atoms with Crippen LogP contribution in [0, 0.1) is 5.92 Å². The number of ether oxygens (including phenoxy) is 2. The van der Waals surface area contributed by atoms with Crippen molar-refractivity contribution in [3.8, 4) is 17.2 Å². The van der Waals surface area contributed by atoms with Gasteiger partial charge in [0.25, 0.3) is 0 Å². The van der Waals surface area contributed by atoms with Gasteiger partial charge in [-0.15, -0.1) is 0 Å². The number of nitrogens with one attached hydrogen (secondary N) is 2. The van der Waals surface area contributed by atoms with Crippen LogP contribution in [-0.4, -0.2) is 26.1 Å². The quantitative estimate of drug-likeness (QED) is 0.857. The molecule has 1 aliphatic rings. The lowest BCUT2D eigenvalue weighted by Gasteiger charge is -2.12. The Kier molecular flexibility index (Phi) is 5.33. The van der Waals surface area contributed by atoms with Gasteiger partial charge in [-0.2, -0.15) is 0 Å². The minimum absolute atomic E-state index is 0.0955. The second-order valence-electron chi connectivity index (χ2n) is 5.80. The number of methoxy groups -OCH3 is 1. The number of carbonyl (C=O) groups excluding carboxylic acids is 1. The largest absolute Gasteiger partial charge is 0.493 e. The third-order valence-corrected chi connectivity index (χ3v) is 4.12. The van der Waals surface area contributed by atoms with Gasteiger partial charge < -0.3 is 20.1 Å². The molecule has 5 heteroatoms. The molecule has 1 heterocycles. The zero-order valence-electron chi connectivity index (χ0n) is 13.7. The molecule has 0 saturated carbocycles. The fourth-order valence-electron chi connectivity index (χ4n) is 2.72. The van der Waals surface area contributed by atoms with E-state index >= 15 is 0 Å². The Bertz CT molecular complexity index is 679. The summed E-state index contributed by atoms with van der Waals surface area (Å²) in [7, 11) is 1.62. The van der Waals surface area contributed by atoms with Gasteiger partial charge in [-0.1, -0.05) is 24.3 Å². The maximum absolute atomic E-state index is 12.0. The van der Waals surface area contributed by atoms with E-state index in [1.54, 1.807) is 7.11 Å². The van der Waals surface area contributed by atoms with E-state index in [1.165, 1.54) is 0 Å². The highest BCUT2D eigenvalue weighted by molar-refractivity contribution is 5.79. The molecule has 1 atom stereocenters. The van der Waals surface area contributed by atoms with Crippen LogP contribution in [0.4, 0.5) is 0 Å². The Balaban J connectivity index is 1.56. The SMILES string of the molecule is COc1ccccc1Oc1ccc(CNC(=O)[C@@H]2CCNC2)cc1. The predicted octanol–water partition coefficient (Wildman–Crippen LogP) is 2.71. The van der Waals surface area contributed by atoms with E-state index < -0.39 is 0 Å². The van der Waals surface area contributed by atoms with Crippen molar-refractivity contribution in [3.63, 3.8) is 0 Å². The standard InChI is InChI=1S/C19H22N2O3/c1-23-17-4-2-3-5-18(17)24-16-8-6-14(7-9-16)12-21-19(22)15-10-11-20-13-15/h2-9,15,20H,10-13H2,1H3,(H,21,22)/t15-/m1/s1. The number of amides is 1. The third-order valence-electron chi connectivity index (χ3n) is 4.12. The topological polar surface area (TPSA) is 59.6 Å². The van der Waals surface area contributed by atoms with Gasteiger partial charge in [-0.05, 0) is 42.8 Å². The van der Waals surface area contributed by atoms with Crippen LogP contribution >= 0.6 is 0 Å². The van der Waals surface area contributed by atoms with Gasteiger partial charge in [-0.25, -0.2) is 0 Å². The Hall–Kier alpha value is -2.53. The van der Waals surface area contributed by atoms with Gasteiger partial charge in [0.15, 0.2) is 11.5 Å². The van der Waals surface area contributed by atoms with Crippen LogP contribution in [0.1, 0.15) is 12.0 Å². The van der Waals surface area contributed by atoms with E-state index in [0.717, 1.165) is 30.8 Å². The minimum Gasteiger partial charge on any atom is -0.493 e. The fourth-order valence-corrected chi connectivity index (χ4v) is 2.72. The summed E-state index contributed by atoms with van der Waals surface area (Å²) in [5.41, 5.74) is 1.04. The Morgan fingerprint density at radius 3 is 2.58 bits per heavy atom. The Morgan fingerprint density at radius 2 is 1.92 bits per heavy atom. The molecule has 3 rings (SSSR count). The maximum Gasteiger partial charge on any atom is 0.224 e. The molecular formula is C19H22N2O3. The molecule has 0 radical (unpaired) electrons. The molecule has 2 N–H and O–H groups in total. The number of benzene rings is 2.